The van der Waals surface area contributed by atoms with Crippen molar-refractivity contribution in [3.05, 3.63) is 33.9 Å². The van der Waals surface area contributed by atoms with Gasteiger partial charge in [-0.25, -0.2) is 8.78 Å². The van der Waals surface area contributed by atoms with E-state index in [0.717, 1.165) is 25.0 Å². The first-order valence-electron chi connectivity index (χ1n) is 7.06. The molecule has 21 heavy (non-hydrogen) atoms. The Morgan fingerprint density at radius 2 is 1.90 bits per heavy atom. The minimum absolute atomic E-state index is 0.0743. The van der Waals surface area contributed by atoms with E-state index in [2.05, 4.69) is 5.32 Å². The highest BCUT2D eigenvalue weighted by atomic mass is 19.1. The summed E-state index contributed by atoms with van der Waals surface area (Å²) in [6, 6.07) is 1.40. The number of hydrogen-bond acceptors (Lipinski definition) is 4. The molecule has 2 fully saturated rings. The standard InChI is InChI=1S/C14H16F2N2O3/c15-11-6-10(18(19)20)7-12(16)14(11)17-9-3-4-21-13(5-9)8-1-2-8/h6-9,13,17H,1-5H2. The molecule has 1 aliphatic heterocycles. The van der Waals surface area contributed by atoms with E-state index in [1.165, 1.54) is 0 Å². The quantitative estimate of drug-likeness (QED) is 0.684. The van der Waals surface area contributed by atoms with E-state index >= 15 is 0 Å². The highest BCUT2D eigenvalue weighted by Gasteiger charge is 2.36. The fourth-order valence-electron chi connectivity index (χ4n) is 2.76. The van der Waals surface area contributed by atoms with Crippen LogP contribution < -0.4 is 5.32 Å². The van der Waals surface area contributed by atoms with Crippen LogP contribution in [0.25, 0.3) is 0 Å². The third-order valence-electron chi connectivity index (χ3n) is 4.05. The molecular weight excluding hydrogens is 282 g/mol. The second kappa shape index (κ2) is 5.55. The largest absolute Gasteiger partial charge is 0.378 e. The molecule has 0 aromatic heterocycles. The molecule has 2 atom stereocenters. The van der Waals surface area contributed by atoms with E-state index in [-0.39, 0.29) is 17.8 Å². The van der Waals surface area contributed by atoms with Crippen LogP contribution in [0.3, 0.4) is 0 Å². The lowest BCUT2D eigenvalue weighted by Crippen LogP contribution is -2.35. The zero-order valence-electron chi connectivity index (χ0n) is 11.4. The summed E-state index contributed by atoms with van der Waals surface area (Å²) in [6.45, 7) is 0.565. The van der Waals surface area contributed by atoms with Gasteiger partial charge in [0.15, 0.2) is 11.6 Å². The molecular formula is C14H16F2N2O3. The molecule has 5 nitrogen and oxygen atoms in total. The first kappa shape index (κ1) is 14.2. The van der Waals surface area contributed by atoms with Crippen molar-refractivity contribution in [2.45, 2.75) is 37.8 Å². The monoisotopic (exact) mass is 298 g/mol. The second-order valence-corrected chi connectivity index (χ2v) is 5.65. The molecule has 1 N–H and O–H groups in total. The Balaban J connectivity index is 1.73. The minimum Gasteiger partial charge on any atom is -0.378 e. The van der Waals surface area contributed by atoms with Crippen molar-refractivity contribution in [3.8, 4) is 0 Å². The lowest BCUT2D eigenvalue weighted by molar-refractivity contribution is -0.385. The molecule has 1 saturated heterocycles. The number of non-ortho nitro benzene ring substituents is 1. The predicted molar refractivity (Wildman–Crippen MR) is 72.1 cm³/mol. The van der Waals surface area contributed by atoms with Crippen LogP contribution in [0.15, 0.2) is 12.1 Å². The zero-order valence-corrected chi connectivity index (χ0v) is 11.4. The van der Waals surface area contributed by atoms with Crippen molar-refractivity contribution >= 4 is 11.4 Å². The van der Waals surface area contributed by atoms with Gasteiger partial charge in [0.2, 0.25) is 0 Å². The number of nitrogens with zero attached hydrogens (tertiary/aromatic N) is 1. The lowest BCUT2D eigenvalue weighted by Gasteiger charge is -2.31. The van der Waals surface area contributed by atoms with Crippen LogP contribution in [0.4, 0.5) is 20.2 Å². The van der Waals surface area contributed by atoms with Crippen LogP contribution in [-0.4, -0.2) is 23.7 Å². The van der Waals surface area contributed by atoms with E-state index in [1.54, 1.807) is 0 Å². The zero-order chi connectivity index (χ0) is 15.0. The average Bonchev–Trinajstić information content (AvgIpc) is 3.27. The Kier molecular flexibility index (Phi) is 3.75. The Labute approximate surface area is 120 Å². The Hall–Kier alpha value is -1.76. The summed E-state index contributed by atoms with van der Waals surface area (Å²) in [6.07, 6.45) is 3.83. The molecule has 2 aliphatic rings. The summed E-state index contributed by atoms with van der Waals surface area (Å²) >= 11 is 0. The van der Waals surface area contributed by atoms with Crippen LogP contribution in [0, 0.1) is 27.7 Å². The number of ether oxygens (including phenoxy) is 1. The Bertz CT molecular complexity index is 540. The molecule has 0 bridgehead atoms. The van der Waals surface area contributed by atoms with Crippen molar-refractivity contribution in [1.82, 2.24) is 0 Å². The topological polar surface area (TPSA) is 64.4 Å². The van der Waals surface area contributed by atoms with Gasteiger partial charge >= 0.3 is 0 Å². The maximum atomic E-state index is 13.9. The van der Waals surface area contributed by atoms with Crippen LogP contribution in [0.2, 0.25) is 0 Å². The van der Waals surface area contributed by atoms with Gasteiger partial charge in [0.05, 0.1) is 23.2 Å². The molecule has 2 unspecified atom stereocenters. The number of nitro benzene ring substituents is 1. The number of anilines is 1. The van der Waals surface area contributed by atoms with Gasteiger partial charge in [0, 0.05) is 12.6 Å². The molecule has 1 aromatic rings. The summed E-state index contributed by atoms with van der Waals surface area (Å²) in [4.78, 5) is 9.75. The van der Waals surface area contributed by atoms with Gasteiger partial charge < -0.3 is 10.1 Å². The van der Waals surface area contributed by atoms with Crippen molar-refractivity contribution in [3.63, 3.8) is 0 Å². The van der Waals surface area contributed by atoms with E-state index in [9.17, 15) is 18.9 Å². The average molecular weight is 298 g/mol. The second-order valence-electron chi connectivity index (χ2n) is 5.65. The molecule has 3 rings (SSSR count). The first-order valence-corrected chi connectivity index (χ1v) is 7.06. The van der Waals surface area contributed by atoms with Crippen molar-refractivity contribution in [2.24, 2.45) is 5.92 Å². The third kappa shape index (κ3) is 3.12. The van der Waals surface area contributed by atoms with Gasteiger partial charge in [-0.15, -0.1) is 0 Å². The fourth-order valence-corrected chi connectivity index (χ4v) is 2.76. The normalized spacial score (nSPS) is 25.6. The lowest BCUT2D eigenvalue weighted by atomic mass is 9.99. The minimum atomic E-state index is -0.934. The highest BCUT2D eigenvalue weighted by molar-refractivity contribution is 5.52. The summed E-state index contributed by atoms with van der Waals surface area (Å²) in [5.41, 5.74) is -0.875. The van der Waals surface area contributed by atoms with Crippen LogP contribution >= 0.6 is 0 Å². The van der Waals surface area contributed by atoms with Crippen LogP contribution in [-0.2, 0) is 4.74 Å². The fraction of sp³-hybridized carbons (Fsp3) is 0.571. The molecule has 114 valence electrons. The van der Waals surface area contributed by atoms with Gasteiger partial charge in [-0.3, -0.25) is 10.1 Å². The van der Waals surface area contributed by atoms with Gasteiger partial charge in [0.1, 0.15) is 5.69 Å². The molecule has 1 aliphatic carbocycles. The maximum Gasteiger partial charge on any atom is 0.275 e. The van der Waals surface area contributed by atoms with Gasteiger partial charge in [-0.1, -0.05) is 0 Å². The van der Waals surface area contributed by atoms with Crippen molar-refractivity contribution in [2.75, 3.05) is 11.9 Å². The predicted octanol–water partition coefficient (Wildman–Crippen LogP) is 3.24. The molecule has 1 aromatic carbocycles. The van der Waals surface area contributed by atoms with Crippen molar-refractivity contribution < 1.29 is 18.4 Å². The van der Waals surface area contributed by atoms with E-state index in [1.807, 2.05) is 0 Å². The Morgan fingerprint density at radius 1 is 1.24 bits per heavy atom. The molecule has 0 radical (unpaired) electrons. The van der Waals surface area contributed by atoms with Gasteiger partial charge in [0.25, 0.3) is 5.69 Å². The SMILES string of the molecule is O=[N+]([O-])c1cc(F)c(NC2CCOC(C3CC3)C2)c(F)c1. The number of nitro groups is 1. The molecule has 1 saturated carbocycles. The number of hydrogen-bond donors (Lipinski definition) is 1. The smallest absolute Gasteiger partial charge is 0.275 e. The van der Waals surface area contributed by atoms with E-state index in [0.29, 0.717) is 25.4 Å². The first-order chi connectivity index (χ1) is 10.0. The van der Waals surface area contributed by atoms with Gasteiger partial charge in [-0.2, -0.15) is 0 Å². The molecule has 7 heteroatoms. The Morgan fingerprint density at radius 3 is 2.48 bits per heavy atom. The van der Waals surface area contributed by atoms with E-state index < -0.39 is 22.2 Å². The summed E-state index contributed by atoms with van der Waals surface area (Å²) in [7, 11) is 0. The van der Waals surface area contributed by atoms with E-state index in [4.69, 9.17) is 4.74 Å². The number of nitrogens with one attached hydrogen (secondary N) is 1. The van der Waals surface area contributed by atoms with Gasteiger partial charge in [-0.05, 0) is 31.6 Å². The van der Waals surface area contributed by atoms with Crippen molar-refractivity contribution in [1.29, 1.82) is 0 Å². The highest BCUT2D eigenvalue weighted by Crippen LogP contribution is 2.39. The summed E-state index contributed by atoms with van der Waals surface area (Å²) < 4.78 is 33.4. The maximum absolute atomic E-state index is 13.9. The number of rotatable bonds is 4. The third-order valence-corrected chi connectivity index (χ3v) is 4.05. The molecule has 0 spiro atoms. The summed E-state index contributed by atoms with van der Waals surface area (Å²) in [5.74, 6) is -1.30. The molecule has 1 heterocycles. The summed E-state index contributed by atoms with van der Waals surface area (Å²) in [5, 5.41) is 13.4. The molecule has 0 amide bonds. The van der Waals surface area contributed by atoms with Crippen LogP contribution in [0.1, 0.15) is 25.7 Å². The van der Waals surface area contributed by atoms with Crippen LogP contribution in [0.5, 0.6) is 0 Å². The number of halogens is 2. The number of benzene rings is 1.